The van der Waals surface area contributed by atoms with Crippen molar-refractivity contribution in [1.29, 1.82) is 0 Å². The van der Waals surface area contributed by atoms with Gasteiger partial charge in [0, 0.05) is 40.9 Å². The lowest BCUT2D eigenvalue weighted by Crippen LogP contribution is -2.45. The Morgan fingerprint density at radius 2 is 1.54 bits per heavy atom. The molecule has 3 N–H and O–H groups in total. The number of hydrogen-bond acceptors (Lipinski definition) is 6. The lowest BCUT2D eigenvalue weighted by molar-refractivity contribution is -0.137. The van der Waals surface area contributed by atoms with E-state index in [-0.39, 0.29) is 53.5 Å². The summed E-state index contributed by atoms with van der Waals surface area (Å²) in [4.78, 5) is 28.4. The Labute approximate surface area is 298 Å². The molecule has 2 aromatic carbocycles. The first kappa shape index (κ1) is 34.1. The number of H-pyrrole nitrogens is 1. The van der Waals surface area contributed by atoms with Crippen LogP contribution in [0.4, 0.5) is 29.2 Å². The van der Waals surface area contributed by atoms with E-state index in [0.29, 0.717) is 36.4 Å². The van der Waals surface area contributed by atoms with Crippen molar-refractivity contribution in [3.63, 3.8) is 0 Å². The highest BCUT2D eigenvalue weighted by Crippen LogP contribution is 2.56. The van der Waals surface area contributed by atoms with Crippen LogP contribution in [0.5, 0.6) is 0 Å². The Hall–Kier alpha value is -5.00. The summed E-state index contributed by atoms with van der Waals surface area (Å²) in [5.41, 5.74) is -0.201. The molecule has 0 bridgehead atoms. The van der Waals surface area contributed by atoms with E-state index >= 15 is 4.39 Å². The Kier molecular flexibility index (Phi) is 7.38. The molecule has 0 spiro atoms. The fraction of sp³-hybridized carbons (Fsp3) is 0.400. The summed E-state index contributed by atoms with van der Waals surface area (Å²) in [6.07, 6.45) is -1.17. The zero-order chi connectivity index (χ0) is 37.0. The lowest BCUT2D eigenvalue weighted by Gasteiger charge is -2.45. The molecular weight excluding hydrogens is 672 g/mol. The molecule has 0 radical (unpaired) electrons. The number of anilines is 2. The minimum atomic E-state index is -4.64. The number of ketones is 2. The largest absolute Gasteiger partial charge is 0.416 e. The molecule has 2 aromatic heterocycles. The number of benzene rings is 2. The van der Waals surface area contributed by atoms with Crippen molar-refractivity contribution in [2.75, 3.05) is 10.6 Å². The minimum Gasteiger partial charge on any atom is -0.343 e. The van der Waals surface area contributed by atoms with Crippen molar-refractivity contribution in [3.8, 4) is 0 Å². The third-order valence-electron chi connectivity index (χ3n) is 11.7. The Bertz CT molecular complexity index is 2230. The normalized spacial score (nSPS) is 26.6. The summed E-state index contributed by atoms with van der Waals surface area (Å²) in [7, 11) is 0. The van der Waals surface area contributed by atoms with Gasteiger partial charge >= 0.3 is 6.18 Å². The van der Waals surface area contributed by atoms with Crippen LogP contribution in [0.25, 0.3) is 0 Å². The molecule has 8 nitrogen and oxygen atoms in total. The number of Topliss-reactive ketones (excluding diaryl/α,β-unsaturated/α-hetero) is 2. The van der Waals surface area contributed by atoms with E-state index in [4.69, 9.17) is 5.10 Å². The molecule has 4 aromatic rings. The van der Waals surface area contributed by atoms with Crippen LogP contribution >= 0.6 is 0 Å². The highest BCUT2D eigenvalue weighted by Gasteiger charge is 2.54. The highest BCUT2D eigenvalue weighted by atomic mass is 19.4. The predicted molar refractivity (Wildman–Crippen MR) is 188 cm³/mol. The summed E-state index contributed by atoms with van der Waals surface area (Å²) >= 11 is 0. The maximum absolute atomic E-state index is 17.2. The van der Waals surface area contributed by atoms with Crippen molar-refractivity contribution in [3.05, 3.63) is 117 Å². The molecule has 0 saturated carbocycles. The second-order valence-electron chi connectivity index (χ2n) is 16.1. The van der Waals surface area contributed by atoms with Gasteiger partial charge in [0.25, 0.3) is 0 Å². The van der Waals surface area contributed by atoms with Crippen molar-refractivity contribution in [1.82, 2.24) is 20.0 Å². The maximum atomic E-state index is 17.2. The number of rotatable bonds is 5. The van der Waals surface area contributed by atoms with Gasteiger partial charge in [0.15, 0.2) is 17.4 Å². The molecule has 270 valence electrons. The van der Waals surface area contributed by atoms with Gasteiger partial charge < -0.3 is 10.6 Å². The lowest BCUT2D eigenvalue weighted by atomic mass is 9.60. The molecule has 2 aliphatic carbocycles. The number of hydrogen-bond donors (Lipinski definition) is 3. The summed E-state index contributed by atoms with van der Waals surface area (Å²) in [5.74, 6) is -0.227. The topological polar surface area (TPSA) is 105 Å². The van der Waals surface area contributed by atoms with Crippen LogP contribution in [0.15, 0.2) is 83.3 Å². The standard InChI is InChI=1S/C40H40F4N6O2/c1-6-39(22-11-8-7-9-12-22)25-20-45-48-34(25)46-27-17-37(4,19-29(52)31(27)39)21-50-33(41)32-35(49-50)47-26-16-36(2,3)18-28(51)30(26)38(32,5)23-13-10-14-24(15-23)40(42,43)44/h7-15,20H,6,16-19,21H2,1-5H3,(H,47,49)(H2,45,46,48). The highest BCUT2D eigenvalue weighted by molar-refractivity contribution is 6.03. The average Bonchev–Trinajstić information content (AvgIpc) is 3.66. The second-order valence-corrected chi connectivity index (χ2v) is 16.1. The number of aromatic amines is 1. The van der Waals surface area contributed by atoms with E-state index < -0.39 is 39.3 Å². The quantitative estimate of drug-likeness (QED) is 0.179. The first-order chi connectivity index (χ1) is 24.5. The first-order valence-corrected chi connectivity index (χ1v) is 17.6. The molecule has 0 fully saturated rings. The van der Waals surface area contributed by atoms with Gasteiger partial charge in [-0.05, 0) is 54.2 Å². The number of nitrogens with zero attached hydrogens (tertiary/aromatic N) is 3. The smallest absolute Gasteiger partial charge is 0.343 e. The third-order valence-corrected chi connectivity index (χ3v) is 11.7. The Morgan fingerprint density at radius 3 is 2.25 bits per heavy atom. The Morgan fingerprint density at radius 1 is 0.846 bits per heavy atom. The molecule has 2 aliphatic heterocycles. The third kappa shape index (κ3) is 4.93. The van der Waals surface area contributed by atoms with Gasteiger partial charge in [0.05, 0.1) is 34.7 Å². The van der Waals surface area contributed by atoms with Crippen LogP contribution in [-0.4, -0.2) is 31.5 Å². The van der Waals surface area contributed by atoms with Gasteiger partial charge in [-0.2, -0.15) is 27.8 Å². The van der Waals surface area contributed by atoms with Crippen LogP contribution in [0.3, 0.4) is 0 Å². The number of halogens is 4. The van der Waals surface area contributed by atoms with E-state index in [1.54, 1.807) is 13.1 Å². The van der Waals surface area contributed by atoms with Gasteiger partial charge in [-0.1, -0.05) is 76.2 Å². The zero-order valence-electron chi connectivity index (χ0n) is 29.7. The van der Waals surface area contributed by atoms with Crippen molar-refractivity contribution in [2.45, 2.75) is 90.3 Å². The second kappa shape index (κ2) is 11.2. The van der Waals surface area contributed by atoms with E-state index in [0.717, 1.165) is 29.0 Å². The molecule has 4 heterocycles. The molecule has 12 heteroatoms. The first-order valence-electron chi connectivity index (χ1n) is 17.6. The molecule has 4 aliphatic rings. The minimum absolute atomic E-state index is 0.000779. The van der Waals surface area contributed by atoms with Gasteiger partial charge in [-0.15, -0.1) is 0 Å². The van der Waals surface area contributed by atoms with Gasteiger partial charge in [0.1, 0.15) is 5.82 Å². The number of fused-ring (bicyclic) bond motifs is 2. The van der Waals surface area contributed by atoms with Gasteiger partial charge in [-0.25, -0.2) is 4.68 Å². The molecule has 8 rings (SSSR count). The van der Waals surface area contributed by atoms with Crippen molar-refractivity contribution >= 4 is 23.2 Å². The SMILES string of the molecule is CCC1(c2ccccc2)C2=C(CC(C)(Cn3nc4c(c3F)C(C)(c3cccc(C(F)(F)F)c3)C3=C(CC(C)(C)CC3=O)N4)CC2=O)Nc2[nH]ncc21. The maximum Gasteiger partial charge on any atom is 0.416 e. The monoisotopic (exact) mass is 712 g/mol. The van der Waals surface area contributed by atoms with Gasteiger partial charge in [-0.3, -0.25) is 14.7 Å². The fourth-order valence-electron chi connectivity index (χ4n) is 9.53. The summed E-state index contributed by atoms with van der Waals surface area (Å²) in [6.45, 7) is 9.50. The van der Waals surface area contributed by atoms with Crippen LogP contribution < -0.4 is 10.6 Å². The molecule has 52 heavy (non-hydrogen) atoms. The number of aromatic nitrogens is 4. The van der Waals surface area contributed by atoms with Crippen LogP contribution in [-0.2, 0) is 33.1 Å². The molecule has 3 unspecified atom stereocenters. The number of carbonyl (C=O) groups excluding carboxylic acids is 2. The fourth-order valence-corrected chi connectivity index (χ4v) is 9.53. The Balaban J connectivity index is 1.23. The predicted octanol–water partition coefficient (Wildman–Crippen LogP) is 8.58. The summed E-state index contributed by atoms with van der Waals surface area (Å²) in [6, 6.07) is 14.7. The average molecular weight is 713 g/mol. The van der Waals surface area contributed by atoms with E-state index in [2.05, 4.69) is 27.8 Å². The number of nitrogens with one attached hydrogen (secondary N) is 3. The number of alkyl halides is 3. The van der Waals surface area contributed by atoms with Crippen molar-refractivity contribution < 1.29 is 27.2 Å². The van der Waals surface area contributed by atoms with E-state index in [1.807, 2.05) is 51.1 Å². The molecular formula is C40H40F4N6O2. The molecule has 3 atom stereocenters. The van der Waals surface area contributed by atoms with Gasteiger partial charge in [0.2, 0.25) is 5.95 Å². The van der Waals surface area contributed by atoms with Crippen LogP contribution in [0, 0.1) is 16.8 Å². The number of allylic oxidation sites excluding steroid dienone is 4. The molecule has 0 amide bonds. The number of carbonyl (C=O) groups is 2. The summed E-state index contributed by atoms with van der Waals surface area (Å²) < 4.78 is 60.4. The van der Waals surface area contributed by atoms with Crippen LogP contribution in [0.2, 0.25) is 0 Å². The van der Waals surface area contributed by atoms with Crippen LogP contribution in [0.1, 0.15) is 94.5 Å². The van der Waals surface area contributed by atoms with Crippen molar-refractivity contribution in [2.24, 2.45) is 10.8 Å². The van der Waals surface area contributed by atoms with E-state index in [9.17, 15) is 22.8 Å². The molecule has 0 saturated heterocycles. The summed E-state index contributed by atoms with van der Waals surface area (Å²) in [5, 5.41) is 18.7. The van der Waals surface area contributed by atoms with E-state index in [1.165, 1.54) is 16.8 Å². The zero-order valence-corrected chi connectivity index (χ0v) is 29.7.